The van der Waals surface area contributed by atoms with Gasteiger partial charge in [0, 0.05) is 42.7 Å². The summed E-state index contributed by atoms with van der Waals surface area (Å²) >= 11 is 6.22. The Morgan fingerprint density at radius 3 is 2.35 bits per heavy atom. The molecule has 37 heavy (non-hydrogen) atoms. The molecule has 2 saturated heterocycles. The average Bonchev–Trinajstić information content (AvgIpc) is 2.94. The minimum absolute atomic E-state index is 0.231. The van der Waals surface area contributed by atoms with E-state index in [1.54, 1.807) is 6.07 Å². The van der Waals surface area contributed by atoms with Gasteiger partial charge in [-0.1, -0.05) is 47.7 Å². The van der Waals surface area contributed by atoms with Gasteiger partial charge in [-0.3, -0.25) is 4.90 Å². The van der Waals surface area contributed by atoms with Crippen molar-refractivity contribution in [2.75, 3.05) is 32.9 Å². The molecule has 2 aliphatic rings. The number of carbonyl (C=O) groups excluding carboxylic acids is 1. The molecule has 1 atom stereocenters. The third kappa shape index (κ3) is 7.18. The molecule has 0 radical (unpaired) electrons. The molecule has 0 spiro atoms. The van der Waals surface area contributed by atoms with Gasteiger partial charge in [-0.05, 0) is 54.8 Å². The van der Waals surface area contributed by atoms with E-state index in [1.165, 1.54) is 11.6 Å². The van der Waals surface area contributed by atoms with Gasteiger partial charge in [0.05, 0.1) is 31.1 Å². The molecule has 0 N–H and O–H groups in total. The quantitative estimate of drug-likeness (QED) is 0.260. The molecule has 0 amide bonds. The number of benzene rings is 2. The van der Waals surface area contributed by atoms with Crippen LogP contribution in [-0.4, -0.2) is 55.1 Å². The fraction of sp³-hybridized carbons (Fsp3) is 0.333. The van der Waals surface area contributed by atoms with Crippen molar-refractivity contribution < 1.29 is 19.0 Å². The average molecular weight is 517 g/mol. The molecule has 1 unspecified atom stereocenters. The van der Waals surface area contributed by atoms with E-state index >= 15 is 0 Å². The first-order chi connectivity index (χ1) is 18.1. The zero-order valence-electron chi connectivity index (χ0n) is 20.6. The van der Waals surface area contributed by atoms with Crippen LogP contribution in [0.4, 0.5) is 0 Å². The molecule has 0 aliphatic carbocycles. The molecule has 1 aromatic heterocycles. The van der Waals surface area contributed by atoms with E-state index in [1.807, 2.05) is 24.3 Å². The molecule has 3 heterocycles. The van der Waals surface area contributed by atoms with E-state index in [0.29, 0.717) is 24.3 Å². The smallest absolute Gasteiger partial charge is 0.340 e. The van der Waals surface area contributed by atoms with Crippen molar-refractivity contribution in [3.8, 4) is 23.1 Å². The predicted molar refractivity (Wildman–Crippen MR) is 142 cm³/mol. The summed E-state index contributed by atoms with van der Waals surface area (Å²) in [6, 6.07) is 19.3. The molecule has 6 nitrogen and oxygen atoms in total. The van der Waals surface area contributed by atoms with Gasteiger partial charge in [0.1, 0.15) is 5.15 Å². The molecule has 190 valence electrons. The number of carbonyl (C=O) groups is 1. The van der Waals surface area contributed by atoms with E-state index in [4.69, 9.17) is 25.8 Å². The number of hydrogen-bond donors (Lipinski definition) is 0. The molecular formula is C30H29ClN2O4. The van der Waals surface area contributed by atoms with Crippen molar-refractivity contribution in [2.24, 2.45) is 0 Å². The van der Waals surface area contributed by atoms with Crippen LogP contribution in [0.3, 0.4) is 0 Å². The Balaban J connectivity index is 1.23. The largest absolute Gasteiger partial charge is 0.432 e. The molecule has 3 aromatic rings. The lowest BCUT2D eigenvalue weighted by molar-refractivity contribution is -0.131. The lowest BCUT2D eigenvalue weighted by Gasteiger charge is -2.26. The van der Waals surface area contributed by atoms with Crippen LogP contribution >= 0.6 is 11.6 Å². The third-order valence-electron chi connectivity index (χ3n) is 6.40. The Labute approximate surface area is 222 Å². The highest BCUT2D eigenvalue weighted by Crippen LogP contribution is 2.23. The number of esters is 1. The van der Waals surface area contributed by atoms with Gasteiger partial charge >= 0.3 is 5.97 Å². The van der Waals surface area contributed by atoms with Crippen molar-refractivity contribution >= 4 is 17.6 Å². The Bertz CT molecular complexity index is 1270. The standard InChI is InChI=1S/C30H29ClN2O4/c31-28-20-26(30(34)37-29-3-1-2-16-36-29)19-27(32-28)25-12-10-23(11-13-25)5-4-22-6-8-24(9-7-22)21-33-14-17-35-18-15-33/h6-13,19-20,29H,1-3,14-18,21H2. The van der Waals surface area contributed by atoms with Crippen LogP contribution in [0, 0.1) is 11.8 Å². The Kier molecular flexibility index (Phi) is 8.49. The number of rotatable bonds is 5. The second-order valence-corrected chi connectivity index (χ2v) is 9.57. The number of nitrogens with zero attached hydrogens (tertiary/aromatic N) is 2. The minimum Gasteiger partial charge on any atom is -0.432 e. The second kappa shape index (κ2) is 12.4. The monoisotopic (exact) mass is 516 g/mol. The number of ether oxygens (including phenoxy) is 3. The van der Waals surface area contributed by atoms with E-state index in [2.05, 4.69) is 46.0 Å². The summed E-state index contributed by atoms with van der Waals surface area (Å²) in [6.45, 7) is 5.10. The van der Waals surface area contributed by atoms with Crippen molar-refractivity contribution in [3.05, 3.63) is 88.1 Å². The lowest BCUT2D eigenvalue weighted by Crippen LogP contribution is -2.35. The zero-order valence-corrected chi connectivity index (χ0v) is 21.4. The summed E-state index contributed by atoms with van der Waals surface area (Å²) in [5, 5.41) is 0.231. The number of morpholine rings is 1. The summed E-state index contributed by atoms with van der Waals surface area (Å²) in [7, 11) is 0. The number of halogens is 1. The SMILES string of the molecule is O=C(OC1CCCCO1)c1cc(Cl)nc(-c2ccc(C#Cc3ccc(CN4CCOCC4)cc3)cc2)c1. The van der Waals surface area contributed by atoms with Crippen molar-refractivity contribution in [1.29, 1.82) is 0 Å². The Morgan fingerprint density at radius 1 is 0.973 bits per heavy atom. The van der Waals surface area contributed by atoms with Gasteiger partial charge in [0.15, 0.2) is 0 Å². The van der Waals surface area contributed by atoms with Crippen LogP contribution < -0.4 is 0 Å². The highest BCUT2D eigenvalue weighted by molar-refractivity contribution is 6.29. The van der Waals surface area contributed by atoms with E-state index in [-0.39, 0.29) is 5.15 Å². The first kappa shape index (κ1) is 25.4. The molecule has 2 aromatic carbocycles. The Hall–Kier alpha value is -3.21. The maximum Gasteiger partial charge on any atom is 0.340 e. The van der Waals surface area contributed by atoms with Gasteiger partial charge in [0.25, 0.3) is 0 Å². The third-order valence-corrected chi connectivity index (χ3v) is 6.60. The second-order valence-electron chi connectivity index (χ2n) is 9.18. The summed E-state index contributed by atoms with van der Waals surface area (Å²) in [5.74, 6) is 5.98. The van der Waals surface area contributed by atoms with Crippen LogP contribution in [-0.2, 0) is 20.8 Å². The van der Waals surface area contributed by atoms with Crippen LogP contribution in [0.5, 0.6) is 0 Å². The van der Waals surface area contributed by atoms with E-state index < -0.39 is 12.3 Å². The first-order valence-corrected chi connectivity index (χ1v) is 13.0. The maximum atomic E-state index is 12.6. The fourth-order valence-corrected chi connectivity index (χ4v) is 4.54. The summed E-state index contributed by atoms with van der Waals surface area (Å²) in [6.07, 6.45) is 2.17. The van der Waals surface area contributed by atoms with Crippen LogP contribution in [0.15, 0.2) is 60.7 Å². The molecule has 0 saturated carbocycles. The fourth-order valence-electron chi connectivity index (χ4n) is 4.33. The molecule has 2 fully saturated rings. The van der Waals surface area contributed by atoms with Crippen molar-refractivity contribution in [2.45, 2.75) is 32.1 Å². The predicted octanol–water partition coefficient (Wildman–Crippen LogP) is 5.32. The Morgan fingerprint density at radius 2 is 1.68 bits per heavy atom. The highest BCUT2D eigenvalue weighted by Gasteiger charge is 2.20. The van der Waals surface area contributed by atoms with Gasteiger partial charge in [-0.2, -0.15) is 0 Å². The van der Waals surface area contributed by atoms with Gasteiger partial charge in [-0.15, -0.1) is 0 Å². The topological polar surface area (TPSA) is 60.9 Å². The van der Waals surface area contributed by atoms with E-state index in [9.17, 15) is 4.79 Å². The summed E-state index contributed by atoms with van der Waals surface area (Å²) in [4.78, 5) is 19.4. The zero-order chi connectivity index (χ0) is 25.5. The summed E-state index contributed by atoms with van der Waals surface area (Å²) in [5.41, 5.74) is 4.92. The van der Waals surface area contributed by atoms with Crippen LogP contribution in [0.1, 0.15) is 46.3 Å². The van der Waals surface area contributed by atoms with Crippen molar-refractivity contribution in [3.63, 3.8) is 0 Å². The van der Waals surface area contributed by atoms with E-state index in [0.717, 1.165) is 62.4 Å². The molecular weight excluding hydrogens is 488 g/mol. The van der Waals surface area contributed by atoms with Crippen molar-refractivity contribution in [1.82, 2.24) is 9.88 Å². The number of aromatic nitrogens is 1. The van der Waals surface area contributed by atoms with Crippen LogP contribution in [0.2, 0.25) is 5.15 Å². The maximum absolute atomic E-state index is 12.6. The van der Waals surface area contributed by atoms with Gasteiger partial charge < -0.3 is 14.2 Å². The minimum atomic E-state index is -0.504. The molecule has 5 rings (SSSR count). The first-order valence-electron chi connectivity index (χ1n) is 12.6. The highest BCUT2D eigenvalue weighted by atomic mass is 35.5. The van der Waals surface area contributed by atoms with Gasteiger partial charge in [0.2, 0.25) is 6.29 Å². The number of hydrogen-bond acceptors (Lipinski definition) is 6. The molecule has 0 bridgehead atoms. The molecule has 2 aliphatic heterocycles. The lowest BCUT2D eigenvalue weighted by atomic mass is 10.1. The number of pyridine rings is 1. The van der Waals surface area contributed by atoms with Gasteiger partial charge in [-0.25, -0.2) is 9.78 Å². The normalized spacial score (nSPS) is 18.0. The summed E-state index contributed by atoms with van der Waals surface area (Å²) < 4.78 is 16.4. The molecule has 7 heteroatoms. The van der Waals surface area contributed by atoms with Crippen LogP contribution in [0.25, 0.3) is 11.3 Å².